The number of carboxylic acid groups (broad SMARTS) is 1. The fourth-order valence-electron chi connectivity index (χ4n) is 5.89. The number of hydrogen-bond donors (Lipinski definition) is 4. The minimum absolute atomic E-state index is 0.00316. The number of halogens is 3. The van der Waals surface area contributed by atoms with Crippen molar-refractivity contribution in [2.24, 2.45) is 5.92 Å². The lowest BCUT2D eigenvalue weighted by Crippen LogP contribution is -2.59. The van der Waals surface area contributed by atoms with Crippen molar-refractivity contribution in [3.63, 3.8) is 0 Å². The van der Waals surface area contributed by atoms with Gasteiger partial charge in [-0.3, -0.25) is 9.88 Å². The molecular formula is C28H37F3N6O5. The van der Waals surface area contributed by atoms with Crippen LogP contribution in [0, 0.1) is 5.92 Å². The minimum atomic E-state index is -4.64. The first kappa shape index (κ1) is 30.4. The van der Waals surface area contributed by atoms with Gasteiger partial charge in [0.25, 0.3) is 0 Å². The van der Waals surface area contributed by atoms with Gasteiger partial charge in [-0.1, -0.05) is 0 Å². The normalized spacial score (nSPS) is 26.7. The van der Waals surface area contributed by atoms with E-state index < -0.39 is 42.2 Å². The average Bonchev–Trinajstić information content (AvgIpc) is 2.98. The zero-order valence-electron chi connectivity index (χ0n) is 23.2. The Bertz CT molecular complexity index is 1190. The molecule has 0 amide bonds. The number of benzene rings is 1. The second-order valence-corrected chi connectivity index (χ2v) is 11.3. The third-order valence-electron chi connectivity index (χ3n) is 8.40. The van der Waals surface area contributed by atoms with E-state index in [1.807, 2.05) is 12.1 Å². The molecule has 0 bridgehead atoms. The van der Waals surface area contributed by atoms with Gasteiger partial charge in [-0.25, -0.2) is 9.78 Å². The number of piperidine rings is 1. The Kier molecular flexibility index (Phi) is 9.47. The fourth-order valence-corrected chi connectivity index (χ4v) is 5.89. The van der Waals surface area contributed by atoms with Crippen LogP contribution in [-0.4, -0.2) is 124 Å². The SMILES string of the molecule is O=C(O)c1ccc(N2CCC(CN3CCN(C[C@H]4OC[C@H](Nc5cncc(C(F)(F)F)n5)[C@@H](O)[C@H]4O)CC3)CC2)cc1. The number of aromatic carboxylic acids is 1. The second kappa shape index (κ2) is 13.1. The van der Waals surface area contributed by atoms with Gasteiger partial charge in [0.15, 0.2) is 5.69 Å². The number of anilines is 2. The predicted octanol–water partition coefficient (Wildman–Crippen LogP) is 1.63. The lowest BCUT2D eigenvalue weighted by molar-refractivity contribution is -0.148. The highest BCUT2D eigenvalue weighted by atomic mass is 19.4. The summed E-state index contributed by atoms with van der Waals surface area (Å²) in [5, 5.41) is 33.2. The van der Waals surface area contributed by atoms with E-state index in [0.717, 1.165) is 70.5 Å². The molecule has 14 heteroatoms. The predicted molar refractivity (Wildman–Crippen MR) is 147 cm³/mol. The molecule has 2 aromatic rings. The van der Waals surface area contributed by atoms with E-state index in [2.05, 4.69) is 30.0 Å². The van der Waals surface area contributed by atoms with Crippen molar-refractivity contribution in [3.05, 3.63) is 47.9 Å². The second-order valence-electron chi connectivity index (χ2n) is 11.3. The maximum atomic E-state index is 12.9. The third kappa shape index (κ3) is 7.48. The van der Waals surface area contributed by atoms with Crippen molar-refractivity contribution in [2.45, 2.75) is 43.4 Å². The molecule has 4 atom stereocenters. The number of piperazine rings is 1. The van der Waals surface area contributed by atoms with Crippen LogP contribution in [0.15, 0.2) is 36.7 Å². The van der Waals surface area contributed by atoms with Crippen molar-refractivity contribution >= 4 is 17.5 Å². The molecule has 0 aliphatic carbocycles. The molecule has 5 rings (SSSR count). The lowest BCUT2D eigenvalue weighted by Gasteiger charge is -2.43. The smallest absolute Gasteiger partial charge is 0.434 e. The molecule has 1 aromatic heterocycles. The fraction of sp³-hybridized carbons (Fsp3) is 0.607. The Balaban J connectivity index is 1.02. The highest BCUT2D eigenvalue weighted by Gasteiger charge is 2.40. The van der Waals surface area contributed by atoms with Gasteiger partial charge in [-0.15, -0.1) is 0 Å². The topological polar surface area (TPSA) is 135 Å². The first-order chi connectivity index (χ1) is 20.1. The van der Waals surface area contributed by atoms with Crippen LogP contribution in [0.25, 0.3) is 0 Å². The Labute approximate surface area is 241 Å². The largest absolute Gasteiger partial charge is 0.478 e. The molecule has 0 spiro atoms. The van der Waals surface area contributed by atoms with Gasteiger partial charge < -0.3 is 35.2 Å². The van der Waals surface area contributed by atoms with Crippen LogP contribution >= 0.6 is 0 Å². The van der Waals surface area contributed by atoms with Gasteiger partial charge in [-0.2, -0.15) is 13.2 Å². The van der Waals surface area contributed by atoms with Crippen molar-refractivity contribution in [1.29, 1.82) is 0 Å². The highest BCUT2D eigenvalue weighted by molar-refractivity contribution is 5.88. The van der Waals surface area contributed by atoms with Gasteiger partial charge in [0.1, 0.15) is 18.0 Å². The number of hydrogen-bond acceptors (Lipinski definition) is 10. The van der Waals surface area contributed by atoms with E-state index in [1.54, 1.807) is 12.1 Å². The molecule has 0 unspecified atom stereocenters. The highest BCUT2D eigenvalue weighted by Crippen LogP contribution is 2.28. The maximum absolute atomic E-state index is 12.9. The zero-order valence-corrected chi connectivity index (χ0v) is 23.2. The number of aromatic nitrogens is 2. The number of aliphatic hydroxyl groups excluding tert-OH is 2. The van der Waals surface area contributed by atoms with Gasteiger partial charge >= 0.3 is 12.1 Å². The number of rotatable bonds is 8. The number of aliphatic hydroxyl groups is 2. The first-order valence-electron chi connectivity index (χ1n) is 14.2. The minimum Gasteiger partial charge on any atom is -0.478 e. The summed E-state index contributed by atoms with van der Waals surface area (Å²) < 4.78 is 44.6. The van der Waals surface area contributed by atoms with E-state index in [1.165, 1.54) is 0 Å². The Morgan fingerprint density at radius 3 is 2.21 bits per heavy atom. The Morgan fingerprint density at radius 2 is 1.60 bits per heavy atom. The number of nitrogens with zero attached hydrogens (tertiary/aromatic N) is 5. The lowest BCUT2D eigenvalue weighted by atomic mass is 9.95. The molecule has 4 N–H and O–H groups in total. The van der Waals surface area contributed by atoms with Crippen LogP contribution in [0.3, 0.4) is 0 Å². The Hall–Kier alpha value is -3.04. The van der Waals surface area contributed by atoms with E-state index in [-0.39, 0.29) is 12.4 Å². The van der Waals surface area contributed by atoms with Gasteiger partial charge in [0.05, 0.1) is 36.7 Å². The average molecular weight is 595 g/mol. The molecule has 3 aliphatic heterocycles. The van der Waals surface area contributed by atoms with Crippen molar-refractivity contribution in [2.75, 3.05) is 69.2 Å². The van der Waals surface area contributed by atoms with Crippen LogP contribution in [0.1, 0.15) is 28.9 Å². The van der Waals surface area contributed by atoms with E-state index >= 15 is 0 Å². The molecule has 0 radical (unpaired) electrons. The van der Waals surface area contributed by atoms with Crippen LogP contribution in [0.2, 0.25) is 0 Å². The third-order valence-corrected chi connectivity index (χ3v) is 8.40. The molecule has 0 saturated carbocycles. The van der Waals surface area contributed by atoms with Crippen LogP contribution in [-0.2, 0) is 10.9 Å². The summed E-state index contributed by atoms with van der Waals surface area (Å²) in [4.78, 5) is 25.1. The molecular weight excluding hydrogens is 557 g/mol. The molecule has 4 heterocycles. The molecule has 1 aromatic carbocycles. The molecule has 42 heavy (non-hydrogen) atoms. The monoisotopic (exact) mass is 594 g/mol. The summed E-state index contributed by atoms with van der Waals surface area (Å²) in [7, 11) is 0. The number of alkyl halides is 3. The molecule has 3 aliphatic rings. The first-order valence-corrected chi connectivity index (χ1v) is 14.2. The zero-order chi connectivity index (χ0) is 29.9. The number of carbonyl (C=O) groups is 1. The Morgan fingerprint density at radius 1 is 0.952 bits per heavy atom. The summed E-state index contributed by atoms with van der Waals surface area (Å²) in [5.74, 6) is -0.482. The van der Waals surface area contributed by atoms with Crippen LogP contribution in [0.4, 0.5) is 24.7 Å². The molecule has 3 fully saturated rings. The molecule has 11 nitrogen and oxygen atoms in total. The van der Waals surface area contributed by atoms with Crippen molar-refractivity contribution < 1.29 is 38.0 Å². The summed E-state index contributed by atoms with van der Waals surface area (Å²) in [5.41, 5.74) is 0.196. The van der Waals surface area contributed by atoms with E-state index in [9.17, 15) is 28.2 Å². The van der Waals surface area contributed by atoms with Gasteiger partial charge in [0, 0.05) is 58.0 Å². The van der Waals surface area contributed by atoms with Crippen LogP contribution < -0.4 is 10.2 Å². The molecule has 230 valence electrons. The van der Waals surface area contributed by atoms with Crippen molar-refractivity contribution in [1.82, 2.24) is 19.8 Å². The van der Waals surface area contributed by atoms with E-state index in [4.69, 9.17) is 9.84 Å². The standard InChI is InChI=1S/C28H37F3N6O5/c29-28(30,31)23-13-32-14-24(34-23)33-21-17-42-22(26(39)25(21)38)16-36-11-9-35(10-12-36)15-18-5-7-37(8-6-18)20-3-1-19(2-4-20)27(40)41/h1-4,13-14,18,21-22,25-26,38-39H,5-12,15-17H2,(H,33,34)(H,40,41)/t21-,22+,25+,26-/m0/s1. The van der Waals surface area contributed by atoms with Gasteiger partial charge in [-0.05, 0) is 43.0 Å². The van der Waals surface area contributed by atoms with Crippen LogP contribution in [0.5, 0.6) is 0 Å². The number of carboxylic acids is 1. The summed E-state index contributed by atoms with van der Waals surface area (Å²) in [6, 6.07) is 6.20. The van der Waals surface area contributed by atoms with Gasteiger partial charge in [0.2, 0.25) is 0 Å². The maximum Gasteiger partial charge on any atom is 0.434 e. The quantitative estimate of drug-likeness (QED) is 0.355. The molecule has 3 saturated heterocycles. The summed E-state index contributed by atoms with van der Waals surface area (Å²) in [6.07, 6.45) is -3.82. The number of ether oxygens (including phenoxy) is 1. The summed E-state index contributed by atoms with van der Waals surface area (Å²) in [6.45, 7) is 6.73. The van der Waals surface area contributed by atoms with Crippen molar-refractivity contribution in [3.8, 4) is 0 Å². The number of nitrogens with one attached hydrogen (secondary N) is 1. The van der Waals surface area contributed by atoms with E-state index in [0.29, 0.717) is 24.2 Å². The summed E-state index contributed by atoms with van der Waals surface area (Å²) >= 11 is 0.